The molecule has 0 bridgehead atoms. The van der Waals surface area contributed by atoms with Crippen LogP contribution in [0.1, 0.15) is 27.4 Å². The summed E-state index contributed by atoms with van der Waals surface area (Å²) >= 11 is 6.31. The highest BCUT2D eigenvalue weighted by molar-refractivity contribution is 6.34. The fourth-order valence-electron chi connectivity index (χ4n) is 3.28. The molecule has 0 aliphatic carbocycles. The zero-order valence-electron chi connectivity index (χ0n) is 15.7. The quantitative estimate of drug-likeness (QED) is 0.715. The van der Waals surface area contributed by atoms with Crippen LogP contribution in [0.4, 0.5) is 5.69 Å². The fraction of sp³-hybridized carbons (Fsp3) is 0.238. The number of nitrogens with one attached hydrogen (secondary N) is 1. The number of nitrogens with zero attached hydrogens (tertiary/aromatic N) is 2. The zero-order valence-corrected chi connectivity index (χ0v) is 16.4. The molecule has 28 heavy (non-hydrogen) atoms. The topological polar surface area (TPSA) is 65.4 Å². The summed E-state index contributed by atoms with van der Waals surface area (Å²) in [5, 5.41) is 3.29. The van der Waals surface area contributed by atoms with Gasteiger partial charge in [-0.15, -0.1) is 0 Å². The molecule has 6 nitrogen and oxygen atoms in total. The maximum absolute atomic E-state index is 12.9. The van der Waals surface area contributed by atoms with Crippen LogP contribution in [0.15, 0.2) is 42.6 Å². The molecule has 3 aromatic rings. The van der Waals surface area contributed by atoms with E-state index in [9.17, 15) is 4.79 Å². The Morgan fingerprint density at radius 3 is 2.64 bits per heavy atom. The number of rotatable bonds is 4. The van der Waals surface area contributed by atoms with Crippen LogP contribution in [-0.4, -0.2) is 28.7 Å². The Balaban J connectivity index is 1.58. The molecule has 0 spiro atoms. The second-order valence-electron chi connectivity index (χ2n) is 6.62. The molecule has 7 heteroatoms. The van der Waals surface area contributed by atoms with Crippen molar-refractivity contribution in [2.75, 3.05) is 18.5 Å². The van der Waals surface area contributed by atoms with Gasteiger partial charge >= 0.3 is 0 Å². The third-order valence-electron chi connectivity index (χ3n) is 4.74. The van der Waals surface area contributed by atoms with E-state index in [1.54, 1.807) is 18.3 Å². The third kappa shape index (κ3) is 3.55. The summed E-state index contributed by atoms with van der Waals surface area (Å²) in [6, 6.07) is 11.0. The van der Waals surface area contributed by atoms with Crippen LogP contribution in [0.25, 0.3) is 0 Å². The van der Waals surface area contributed by atoms with Gasteiger partial charge in [-0.25, -0.2) is 0 Å². The summed E-state index contributed by atoms with van der Waals surface area (Å²) in [6.45, 7) is 5.46. The molecule has 0 saturated carbocycles. The number of carbonyl (C=O) groups is 1. The molecule has 3 heterocycles. The molecule has 0 saturated heterocycles. The Kier molecular flexibility index (Phi) is 4.96. The lowest BCUT2D eigenvalue weighted by Gasteiger charge is -2.20. The van der Waals surface area contributed by atoms with Gasteiger partial charge in [0.15, 0.2) is 11.5 Å². The number of aromatic nitrogens is 2. The number of benzene rings is 1. The van der Waals surface area contributed by atoms with Crippen molar-refractivity contribution in [3.05, 3.63) is 70.3 Å². The Labute approximate surface area is 168 Å². The summed E-state index contributed by atoms with van der Waals surface area (Å²) < 4.78 is 13.2. The maximum atomic E-state index is 12.9. The minimum atomic E-state index is -0.223. The van der Waals surface area contributed by atoms with E-state index in [0.717, 1.165) is 17.1 Å². The lowest BCUT2D eigenvalue weighted by atomic mass is 10.2. The molecule has 0 atom stereocenters. The molecule has 1 amide bonds. The van der Waals surface area contributed by atoms with Crippen LogP contribution in [0.2, 0.25) is 5.02 Å². The van der Waals surface area contributed by atoms with Gasteiger partial charge in [0.05, 0.1) is 28.5 Å². The number of amides is 1. The van der Waals surface area contributed by atoms with E-state index in [-0.39, 0.29) is 5.91 Å². The molecule has 1 aromatic carbocycles. The number of fused-ring (bicyclic) bond motifs is 1. The van der Waals surface area contributed by atoms with Crippen molar-refractivity contribution in [2.24, 2.45) is 0 Å². The van der Waals surface area contributed by atoms with Gasteiger partial charge in [0, 0.05) is 29.7 Å². The molecule has 2 aromatic heterocycles. The standard InChI is InChI=1S/C21H20ClN3O3/c1-13-9-16(14(2)25(13)12-15-5-3-4-6-23-15)21(26)24-18-11-20-19(10-17(18)22)27-7-8-28-20/h3-6,9-11H,7-8,12H2,1-2H3,(H,24,26). The van der Waals surface area contributed by atoms with Crippen molar-refractivity contribution >= 4 is 23.2 Å². The van der Waals surface area contributed by atoms with E-state index in [1.165, 1.54) is 0 Å². The molecule has 0 unspecified atom stereocenters. The molecule has 1 aliphatic rings. The molecular formula is C21H20ClN3O3. The minimum absolute atomic E-state index is 0.223. The molecule has 0 radical (unpaired) electrons. The molecule has 1 N–H and O–H groups in total. The monoisotopic (exact) mass is 397 g/mol. The Morgan fingerprint density at radius 1 is 1.18 bits per heavy atom. The van der Waals surface area contributed by atoms with E-state index in [4.69, 9.17) is 21.1 Å². The van der Waals surface area contributed by atoms with E-state index in [0.29, 0.717) is 47.5 Å². The number of hydrogen-bond acceptors (Lipinski definition) is 4. The average molecular weight is 398 g/mol. The van der Waals surface area contributed by atoms with Gasteiger partial charge < -0.3 is 19.4 Å². The lowest BCUT2D eigenvalue weighted by molar-refractivity contribution is 0.102. The fourth-order valence-corrected chi connectivity index (χ4v) is 3.48. The summed E-state index contributed by atoms with van der Waals surface area (Å²) in [5.41, 5.74) is 3.88. The first-order valence-electron chi connectivity index (χ1n) is 9.00. The van der Waals surface area contributed by atoms with Crippen LogP contribution in [0.5, 0.6) is 11.5 Å². The molecule has 0 fully saturated rings. The van der Waals surface area contributed by atoms with Crippen molar-refractivity contribution in [2.45, 2.75) is 20.4 Å². The van der Waals surface area contributed by atoms with Crippen LogP contribution in [-0.2, 0) is 6.54 Å². The van der Waals surface area contributed by atoms with Gasteiger partial charge in [0.1, 0.15) is 13.2 Å². The third-order valence-corrected chi connectivity index (χ3v) is 5.06. The lowest BCUT2D eigenvalue weighted by Crippen LogP contribution is -2.17. The molecule has 144 valence electrons. The SMILES string of the molecule is Cc1cc(C(=O)Nc2cc3c(cc2Cl)OCCO3)c(C)n1Cc1ccccn1. The molecule has 4 rings (SSSR count). The number of aryl methyl sites for hydroxylation is 1. The van der Waals surface area contributed by atoms with Gasteiger partial charge in [-0.1, -0.05) is 17.7 Å². The molecular weight excluding hydrogens is 378 g/mol. The highest BCUT2D eigenvalue weighted by Crippen LogP contribution is 2.38. The minimum Gasteiger partial charge on any atom is -0.486 e. The predicted molar refractivity (Wildman–Crippen MR) is 108 cm³/mol. The number of carbonyl (C=O) groups excluding carboxylic acids is 1. The van der Waals surface area contributed by atoms with Gasteiger partial charge in [-0.3, -0.25) is 9.78 Å². The first-order valence-corrected chi connectivity index (χ1v) is 9.38. The maximum Gasteiger partial charge on any atom is 0.257 e. The smallest absolute Gasteiger partial charge is 0.257 e. The summed E-state index contributed by atoms with van der Waals surface area (Å²) in [6.07, 6.45) is 1.76. The van der Waals surface area contributed by atoms with Gasteiger partial charge in [-0.05, 0) is 32.0 Å². The van der Waals surface area contributed by atoms with Crippen LogP contribution in [0, 0.1) is 13.8 Å². The van der Waals surface area contributed by atoms with Gasteiger partial charge in [0.25, 0.3) is 5.91 Å². The molecule has 1 aliphatic heterocycles. The van der Waals surface area contributed by atoms with E-state index < -0.39 is 0 Å². The first kappa shape index (κ1) is 18.4. The number of ether oxygens (including phenoxy) is 2. The number of hydrogen-bond donors (Lipinski definition) is 1. The van der Waals surface area contributed by atoms with E-state index >= 15 is 0 Å². The van der Waals surface area contributed by atoms with Crippen molar-refractivity contribution in [1.29, 1.82) is 0 Å². The van der Waals surface area contributed by atoms with Gasteiger partial charge in [-0.2, -0.15) is 0 Å². The second kappa shape index (κ2) is 7.56. The number of pyridine rings is 1. The largest absolute Gasteiger partial charge is 0.486 e. The van der Waals surface area contributed by atoms with Crippen molar-refractivity contribution in [3.63, 3.8) is 0 Å². The number of anilines is 1. The first-order chi connectivity index (χ1) is 13.5. The predicted octanol–water partition coefficient (Wildman–Crippen LogP) is 4.23. The summed E-state index contributed by atoms with van der Waals surface area (Å²) in [7, 11) is 0. The van der Waals surface area contributed by atoms with Crippen molar-refractivity contribution in [1.82, 2.24) is 9.55 Å². The zero-order chi connectivity index (χ0) is 19.7. The van der Waals surface area contributed by atoms with Gasteiger partial charge in [0.2, 0.25) is 0 Å². The van der Waals surface area contributed by atoms with Crippen LogP contribution in [0.3, 0.4) is 0 Å². The summed E-state index contributed by atoms with van der Waals surface area (Å²) in [4.78, 5) is 17.3. The normalized spacial score (nSPS) is 12.7. The van der Waals surface area contributed by atoms with Crippen LogP contribution < -0.4 is 14.8 Å². The highest BCUT2D eigenvalue weighted by atomic mass is 35.5. The van der Waals surface area contributed by atoms with E-state index in [2.05, 4.69) is 14.9 Å². The second-order valence-corrected chi connectivity index (χ2v) is 7.03. The Morgan fingerprint density at radius 2 is 1.93 bits per heavy atom. The van der Waals surface area contributed by atoms with Crippen LogP contribution >= 0.6 is 11.6 Å². The van der Waals surface area contributed by atoms with E-state index in [1.807, 2.05) is 38.1 Å². The highest BCUT2D eigenvalue weighted by Gasteiger charge is 2.20. The Hall–Kier alpha value is -2.99. The van der Waals surface area contributed by atoms with Crippen molar-refractivity contribution < 1.29 is 14.3 Å². The Bertz CT molecular complexity index is 1030. The summed E-state index contributed by atoms with van der Waals surface area (Å²) in [5.74, 6) is 0.938. The van der Waals surface area contributed by atoms with Crippen molar-refractivity contribution in [3.8, 4) is 11.5 Å². The average Bonchev–Trinajstić information content (AvgIpc) is 2.98. The number of halogens is 1.